The fraction of sp³-hybridized carbons (Fsp3) is 0.138. The highest BCUT2D eigenvalue weighted by Gasteiger charge is 2.29. The summed E-state index contributed by atoms with van der Waals surface area (Å²) in [7, 11) is 0. The number of fused-ring (bicyclic) bond motifs is 1. The Morgan fingerprint density at radius 1 is 0.943 bits per heavy atom. The van der Waals surface area contributed by atoms with Gasteiger partial charge in [-0.3, -0.25) is 10.4 Å². The number of allylic oxidation sites excluding steroid dienone is 1. The van der Waals surface area contributed by atoms with Gasteiger partial charge < -0.3 is 9.64 Å². The average Bonchev–Trinajstić information content (AvgIpc) is 3.55. The van der Waals surface area contributed by atoms with Gasteiger partial charge in [-0.05, 0) is 42.8 Å². The van der Waals surface area contributed by atoms with E-state index < -0.39 is 0 Å². The Bertz CT molecular complexity index is 1390. The quantitative estimate of drug-likeness (QED) is 0.338. The van der Waals surface area contributed by atoms with Crippen LogP contribution in [-0.2, 0) is 6.54 Å². The zero-order chi connectivity index (χ0) is 23.6. The summed E-state index contributed by atoms with van der Waals surface area (Å²) in [6.07, 6.45) is 2.28. The van der Waals surface area contributed by atoms with Crippen LogP contribution in [0.3, 0.4) is 0 Å². The fourth-order valence-corrected chi connectivity index (χ4v) is 5.28. The highest BCUT2D eigenvalue weighted by atomic mass is 32.1. The second-order valence-electron chi connectivity index (χ2n) is 8.70. The summed E-state index contributed by atoms with van der Waals surface area (Å²) < 4.78 is 6.04. The number of hydrazine groups is 1. The van der Waals surface area contributed by atoms with Gasteiger partial charge in [-0.1, -0.05) is 60.7 Å². The lowest BCUT2D eigenvalue weighted by molar-refractivity contribution is 0.363. The topological polar surface area (TPSA) is 40.6 Å². The maximum Gasteiger partial charge on any atom is 0.205 e. The van der Waals surface area contributed by atoms with Crippen molar-refractivity contribution in [1.82, 2.24) is 15.3 Å². The third kappa shape index (κ3) is 4.53. The molecule has 1 fully saturated rings. The molecule has 6 rings (SSSR count). The van der Waals surface area contributed by atoms with Gasteiger partial charge in [0.25, 0.3) is 0 Å². The van der Waals surface area contributed by atoms with E-state index in [1.165, 1.54) is 22.5 Å². The van der Waals surface area contributed by atoms with Crippen molar-refractivity contribution in [3.8, 4) is 22.8 Å². The van der Waals surface area contributed by atoms with Crippen molar-refractivity contribution >= 4 is 16.5 Å². The molecule has 1 aromatic heterocycles. The van der Waals surface area contributed by atoms with Crippen LogP contribution < -0.4 is 15.2 Å². The number of thiazole rings is 1. The lowest BCUT2D eigenvalue weighted by Gasteiger charge is -2.29. The van der Waals surface area contributed by atoms with E-state index in [0.29, 0.717) is 0 Å². The molecule has 0 saturated carbocycles. The fourth-order valence-electron chi connectivity index (χ4n) is 4.48. The Morgan fingerprint density at radius 2 is 1.71 bits per heavy atom. The van der Waals surface area contributed by atoms with E-state index in [9.17, 15) is 0 Å². The largest absolute Gasteiger partial charge is 0.457 e. The summed E-state index contributed by atoms with van der Waals surface area (Å²) in [4.78, 5) is 7.30. The van der Waals surface area contributed by atoms with Gasteiger partial charge in [-0.2, -0.15) is 0 Å². The summed E-state index contributed by atoms with van der Waals surface area (Å²) in [5, 5.41) is 5.26. The predicted molar refractivity (Wildman–Crippen MR) is 142 cm³/mol. The first kappa shape index (κ1) is 21.5. The molecule has 0 atom stereocenters. The minimum Gasteiger partial charge on any atom is -0.457 e. The van der Waals surface area contributed by atoms with Gasteiger partial charge in [0.2, 0.25) is 5.13 Å². The molecule has 5 nitrogen and oxygen atoms in total. The molecule has 0 aliphatic carbocycles. The van der Waals surface area contributed by atoms with E-state index in [4.69, 9.17) is 9.72 Å². The predicted octanol–water partition coefficient (Wildman–Crippen LogP) is 6.60. The van der Waals surface area contributed by atoms with E-state index in [1.54, 1.807) is 11.3 Å². The van der Waals surface area contributed by atoms with E-state index >= 15 is 0 Å². The third-order valence-corrected chi connectivity index (χ3v) is 7.23. The van der Waals surface area contributed by atoms with Crippen LogP contribution in [0.5, 0.6) is 11.5 Å². The van der Waals surface area contributed by atoms with Crippen molar-refractivity contribution < 1.29 is 4.74 Å². The minimum atomic E-state index is 0.799. The van der Waals surface area contributed by atoms with Gasteiger partial charge in [0.1, 0.15) is 11.5 Å². The van der Waals surface area contributed by atoms with Crippen molar-refractivity contribution in [3.63, 3.8) is 0 Å². The van der Waals surface area contributed by atoms with Gasteiger partial charge in [-0.25, -0.2) is 4.98 Å². The first-order valence-electron chi connectivity index (χ1n) is 11.8. The standard InChI is InChI=1S/C29H26N4OS/c1-21-26-19-33(29-30-28(20-35-29)23-10-4-2-5-11-23)31-27(26)15-16-32(21)18-22-9-8-14-25(17-22)34-24-12-6-3-7-13-24/h2-15,17,20,31H,16,18-19H2,1H3. The number of rotatable bonds is 6. The molecule has 0 spiro atoms. The lowest BCUT2D eigenvalue weighted by Crippen LogP contribution is -2.30. The summed E-state index contributed by atoms with van der Waals surface area (Å²) in [5.41, 5.74) is 10.8. The molecule has 0 unspecified atom stereocenters. The molecule has 0 radical (unpaired) electrons. The van der Waals surface area contributed by atoms with Crippen LogP contribution in [0.4, 0.5) is 5.13 Å². The molecule has 4 aromatic rings. The first-order chi connectivity index (χ1) is 17.2. The molecule has 1 N–H and O–H groups in total. The highest BCUT2D eigenvalue weighted by molar-refractivity contribution is 7.14. The smallest absolute Gasteiger partial charge is 0.205 e. The Balaban J connectivity index is 1.16. The molecule has 2 aliphatic rings. The summed E-state index contributed by atoms with van der Waals surface area (Å²) in [5.74, 6) is 1.71. The SMILES string of the molecule is CC1=C2CN(c3nc(-c4ccccc4)cs3)NC2=CCN1Cc1cccc(Oc2ccccc2)c1. The number of anilines is 1. The minimum absolute atomic E-state index is 0.799. The zero-order valence-electron chi connectivity index (χ0n) is 19.5. The molecule has 0 bridgehead atoms. The number of ether oxygens (including phenoxy) is 1. The zero-order valence-corrected chi connectivity index (χ0v) is 20.3. The van der Waals surface area contributed by atoms with Gasteiger partial charge in [0.05, 0.1) is 17.9 Å². The van der Waals surface area contributed by atoms with Crippen molar-refractivity contribution in [3.05, 3.63) is 119 Å². The van der Waals surface area contributed by atoms with E-state index in [1.807, 2.05) is 54.6 Å². The Morgan fingerprint density at radius 3 is 2.54 bits per heavy atom. The number of hydrogen-bond acceptors (Lipinski definition) is 6. The van der Waals surface area contributed by atoms with Crippen LogP contribution in [0.15, 0.2) is 113 Å². The average molecular weight is 479 g/mol. The number of benzene rings is 3. The van der Waals surface area contributed by atoms with E-state index in [0.717, 1.165) is 47.5 Å². The van der Waals surface area contributed by atoms with Gasteiger partial charge in [0, 0.05) is 35.3 Å². The monoisotopic (exact) mass is 478 g/mol. The maximum atomic E-state index is 6.04. The van der Waals surface area contributed by atoms with Gasteiger partial charge >= 0.3 is 0 Å². The summed E-state index contributed by atoms with van der Waals surface area (Å²) >= 11 is 1.67. The van der Waals surface area contributed by atoms with Crippen LogP contribution in [-0.4, -0.2) is 23.0 Å². The molecule has 6 heteroatoms. The van der Waals surface area contributed by atoms with Crippen LogP contribution in [0.25, 0.3) is 11.3 Å². The highest BCUT2D eigenvalue weighted by Crippen LogP contribution is 2.34. The number of aromatic nitrogens is 1. The maximum absolute atomic E-state index is 6.04. The second-order valence-corrected chi connectivity index (χ2v) is 9.54. The molecular weight excluding hydrogens is 452 g/mol. The Hall–Kier alpha value is -4.03. The number of hydrogen-bond donors (Lipinski definition) is 1. The number of para-hydroxylation sites is 1. The molecule has 2 aliphatic heterocycles. The molecule has 3 heterocycles. The molecule has 1 saturated heterocycles. The molecular formula is C29H26N4OS. The molecule has 0 amide bonds. The number of nitrogens with one attached hydrogen (secondary N) is 1. The normalized spacial score (nSPS) is 15.1. The molecule has 35 heavy (non-hydrogen) atoms. The molecule has 174 valence electrons. The van der Waals surface area contributed by atoms with E-state index in [-0.39, 0.29) is 0 Å². The lowest BCUT2D eigenvalue weighted by atomic mass is 10.1. The van der Waals surface area contributed by atoms with Gasteiger partial charge in [-0.15, -0.1) is 11.3 Å². The van der Waals surface area contributed by atoms with Crippen LogP contribution in [0.1, 0.15) is 12.5 Å². The molecule has 3 aromatic carbocycles. The van der Waals surface area contributed by atoms with Crippen molar-refractivity contribution in [1.29, 1.82) is 0 Å². The third-order valence-electron chi connectivity index (χ3n) is 6.37. The van der Waals surface area contributed by atoms with Crippen molar-refractivity contribution in [2.75, 3.05) is 18.1 Å². The first-order valence-corrected chi connectivity index (χ1v) is 12.6. The second kappa shape index (κ2) is 9.31. The summed E-state index contributed by atoms with van der Waals surface area (Å²) in [6, 6.07) is 28.6. The van der Waals surface area contributed by atoms with Crippen LogP contribution in [0.2, 0.25) is 0 Å². The van der Waals surface area contributed by atoms with Crippen molar-refractivity contribution in [2.45, 2.75) is 13.5 Å². The van der Waals surface area contributed by atoms with E-state index in [2.05, 4.69) is 64.0 Å². The summed E-state index contributed by atoms with van der Waals surface area (Å²) in [6.45, 7) is 4.71. The number of nitrogens with zero attached hydrogens (tertiary/aromatic N) is 3. The Labute approximate surface area is 209 Å². The Kier molecular flexibility index (Phi) is 5.72. The van der Waals surface area contributed by atoms with Crippen LogP contribution >= 0.6 is 11.3 Å². The van der Waals surface area contributed by atoms with Crippen LogP contribution in [0, 0.1) is 0 Å². The van der Waals surface area contributed by atoms with Gasteiger partial charge in [0.15, 0.2) is 0 Å². The van der Waals surface area contributed by atoms with Crippen molar-refractivity contribution in [2.24, 2.45) is 0 Å².